The van der Waals surface area contributed by atoms with E-state index in [1.807, 2.05) is 6.92 Å². The highest BCUT2D eigenvalue weighted by atomic mass is 19.4. The SMILES string of the molecule is CCC(C)Oc1cc(C(F)(F)F)ncc1N. The van der Waals surface area contributed by atoms with Gasteiger partial charge in [-0.1, -0.05) is 6.92 Å². The summed E-state index contributed by atoms with van der Waals surface area (Å²) in [5.74, 6) is 0.0247. The molecule has 0 bridgehead atoms. The number of nitrogens with zero attached hydrogens (tertiary/aromatic N) is 1. The maximum Gasteiger partial charge on any atom is 0.433 e. The number of anilines is 1. The Morgan fingerprint density at radius 2 is 2.12 bits per heavy atom. The molecular formula is C10H13F3N2O. The van der Waals surface area contributed by atoms with Gasteiger partial charge in [-0.05, 0) is 13.3 Å². The van der Waals surface area contributed by atoms with E-state index in [2.05, 4.69) is 4.98 Å². The van der Waals surface area contributed by atoms with Gasteiger partial charge >= 0.3 is 6.18 Å². The predicted octanol–water partition coefficient (Wildman–Crippen LogP) is 2.86. The van der Waals surface area contributed by atoms with Gasteiger partial charge in [0.05, 0.1) is 18.0 Å². The molecule has 0 radical (unpaired) electrons. The number of halogens is 3. The van der Waals surface area contributed by atoms with Gasteiger partial charge in [0, 0.05) is 6.07 Å². The van der Waals surface area contributed by atoms with E-state index in [1.54, 1.807) is 6.92 Å². The molecule has 1 atom stereocenters. The van der Waals surface area contributed by atoms with E-state index in [1.165, 1.54) is 0 Å². The largest absolute Gasteiger partial charge is 0.488 e. The van der Waals surface area contributed by atoms with Crippen molar-refractivity contribution in [3.05, 3.63) is 18.0 Å². The summed E-state index contributed by atoms with van der Waals surface area (Å²) in [4.78, 5) is 3.21. The summed E-state index contributed by atoms with van der Waals surface area (Å²) < 4.78 is 42.3. The highest BCUT2D eigenvalue weighted by molar-refractivity contribution is 5.51. The molecule has 1 aromatic rings. The molecule has 1 rings (SSSR count). The molecule has 0 aromatic carbocycles. The van der Waals surface area contributed by atoms with Crippen molar-refractivity contribution < 1.29 is 17.9 Å². The van der Waals surface area contributed by atoms with Gasteiger partial charge in [0.25, 0.3) is 0 Å². The van der Waals surface area contributed by atoms with E-state index < -0.39 is 11.9 Å². The third-order valence-electron chi connectivity index (χ3n) is 2.09. The quantitative estimate of drug-likeness (QED) is 0.874. The summed E-state index contributed by atoms with van der Waals surface area (Å²) in [6.07, 6.45) is -3.03. The highest BCUT2D eigenvalue weighted by Crippen LogP contribution is 2.32. The Morgan fingerprint density at radius 1 is 1.50 bits per heavy atom. The topological polar surface area (TPSA) is 48.1 Å². The zero-order valence-electron chi connectivity index (χ0n) is 9.01. The first-order valence-corrected chi connectivity index (χ1v) is 4.84. The fourth-order valence-corrected chi connectivity index (χ4v) is 1.00. The minimum absolute atomic E-state index is 0.0247. The first-order chi connectivity index (χ1) is 7.34. The molecule has 90 valence electrons. The van der Waals surface area contributed by atoms with Gasteiger partial charge < -0.3 is 10.5 Å². The average Bonchev–Trinajstić information content (AvgIpc) is 2.19. The Hall–Kier alpha value is -1.46. The average molecular weight is 234 g/mol. The first kappa shape index (κ1) is 12.6. The van der Waals surface area contributed by atoms with Crippen LogP contribution in [-0.2, 0) is 6.18 Å². The van der Waals surface area contributed by atoms with Crippen molar-refractivity contribution in [1.29, 1.82) is 0 Å². The van der Waals surface area contributed by atoms with Crippen LogP contribution in [-0.4, -0.2) is 11.1 Å². The first-order valence-electron chi connectivity index (χ1n) is 4.84. The second kappa shape index (κ2) is 4.59. The number of nitrogens with two attached hydrogens (primary N) is 1. The second-order valence-electron chi connectivity index (χ2n) is 3.44. The van der Waals surface area contributed by atoms with Crippen LogP contribution in [0.1, 0.15) is 26.0 Å². The van der Waals surface area contributed by atoms with Crippen LogP contribution in [0.4, 0.5) is 18.9 Å². The minimum Gasteiger partial charge on any atom is -0.488 e. The Labute approximate surface area is 91.4 Å². The lowest BCUT2D eigenvalue weighted by Crippen LogP contribution is -2.14. The third kappa shape index (κ3) is 3.01. The monoisotopic (exact) mass is 234 g/mol. The number of nitrogen functional groups attached to an aromatic ring is 1. The van der Waals surface area contributed by atoms with Gasteiger partial charge in [-0.3, -0.25) is 0 Å². The van der Waals surface area contributed by atoms with E-state index in [4.69, 9.17) is 10.5 Å². The van der Waals surface area contributed by atoms with E-state index in [-0.39, 0.29) is 17.5 Å². The number of hydrogen-bond acceptors (Lipinski definition) is 3. The fraction of sp³-hybridized carbons (Fsp3) is 0.500. The standard InChI is InChI=1S/C10H13F3N2O/c1-3-6(2)16-8-4-9(10(11,12)13)15-5-7(8)14/h4-6H,3,14H2,1-2H3. The van der Waals surface area contributed by atoms with Crippen LogP contribution < -0.4 is 10.5 Å². The maximum atomic E-state index is 12.4. The molecule has 0 spiro atoms. The molecule has 16 heavy (non-hydrogen) atoms. The zero-order valence-corrected chi connectivity index (χ0v) is 9.01. The van der Waals surface area contributed by atoms with Gasteiger partial charge in [-0.15, -0.1) is 0 Å². The van der Waals surface area contributed by atoms with Gasteiger partial charge in [0.1, 0.15) is 11.4 Å². The summed E-state index contributed by atoms with van der Waals surface area (Å²) in [5.41, 5.74) is 4.59. The maximum absolute atomic E-state index is 12.4. The van der Waals surface area contributed by atoms with Gasteiger partial charge in [0.2, 0.25) is 0 Å². The molecule has 1 aromatic heterocycles. The van der Waals surface area contributed by atoms with Crippen molar-refractivity contribution in [2.75, 3.05) is 5.73 Å². The van der Waals surface area contributed by atoms with Crippen LogP contribution >= 0.6 is 0 Å². The Balaban J connectivity index is 3.00. The fourth-order valence-electron chi connectivity index (χ4n) is 1.00. The summed E-state index contributed by atoms with van der Waals surface area (Å²) in [7, 11) is 0. The van der Waals surface area contributed by atoms with Gasteiger partial charge in [0.15, 0.2) is 0 Å². The van der Waals surface area contributed by atoms with Crippen LogP contribution in [0.25, 0.3) is 0 Å². The summed E-state index contributed by atoms with van der Waals surface area (Å²) in [6.45, 7) is 3.62. The van der Waals surface area contributed by atoms with Gasteiger partial charge in [-0.2, -0.15) is 13.2 Å². The molecule has 3 nitrogen and oxygen atoms in total. The van der Waals surface area contributed by atoms with Crippen molar-refractivity contribution >= 4 is 5.69 Å². The number of alkyl halides is 3. The summed E-state index contributed by atoms with van der Waals surface area (Å²) in [5, 5.41) is 0. The molecular weight excluding hydrogens is 221 g/mol. The van der Waals surface area contributed by atoms with Crippen molar-refractivity contribution in [2.24, 2.45) is 0 Å². The Kier molecular flexibility index (Phi) is 3.62. The number of rotatable bonds is 3. The normalized spacial score (nSPS) is 13.6. The molecule has 0 aliphatic rings. The molecule has 1 unspecified atom stereocenters. The van der Waals surface area contributed by atoms with E-state index in [9.17, 15) is 13.2 Å². The summed E-state index contributed by atoms with van der Waals surface area (Å²) >= 11 is 0. The van der Waals surface area contributed by atoms with Crippen LogP contribution in [0.2, 0.25) is 0 Å². The number of hydrogen-bond donors (Lipinski definition) is 1. The Morgan fingerprint density at radius 3 is 2.62 bits per heavy atom. The van der Waals surface area contributed by atoms with E-state index in [0.29, 0.717) is 6.42 Å². The lowest BCUT2D eigenvalue weighted by atomic mass is 10.3. The lowest BCUT2D eigenvalue weighted by Gasteiger charge is -2.15. The number of ether oxygens (including phenoxy) is 1. The van der Waals surface area contributed by atoms with Crippen molar-refractivity contribution in [3.8, 4) is 5.75 Å². The number of aromatic nitrogens is 1. The van der Waals surface area contributed by atoms with Crippen molar-refractivity contribution in [1.82, 2.24) is 4.98 Å². The molecule has 0 amide bonds. The molecule has 0 fully saturated rings. The van der Waals surface area contributed by atoms with Crippen molar-refractivity contribution in [2.45, 2.75) is 32.5 Å². The molecule has 6 heteroatoms. The smallest absolute Gasteiger partial charge is 0.433 e. The zero-order chi connectivity index (χ0) is 12.3. The molecule has 1 heterocycles. The predicted molar refractivity (Wildman–Crippen MR) is 54.0 cm³/mol. The second-order valence-corrected chi connectivity index (χ2v) is 3.44. The highest BCUT2D eigenvalue weighted by Gasteiger charge is 2.33. The van der Waals surface area contributed by atoms with E-state index in [0.717, 1.165) is 12.3 Å². The molecule has 0 saturated heterocycles. The number of pyridine rings is 1. The molecule has 0 aliphatic carbocycles. The van der Waals surface area contributed by atoms with Crippen LogP contribution in [0.15, 0.2) is 12.3 Å². The van der Waals surface area contributed by atoms with Crippen LogP contribution in [0.3, 0.4) is 0 Å². The van der Waals surface area contributed by atoms with Crippen LogP contribution in [0.5, 0.6) is 5.75 Å². The van der Waals surface area contributed by atoms with E-state index >= 15 is 0 Å². The summed E-state index contributed by atoms with van der Waals surface area (Å²) in [6, 6.07) is 0.821. The molecule has 0 saturated carbocycles. The van der Waals surface area contributed by atoms with Gasteiger partial charge in [-0.25, -0.2) is 4.98 Å². The minimum atomic E-state index is -4.48. The lowest BCUT2D eigenvalue weighted by molar-refractivity contribution is -0.141. The van der Waals surface area contributed by atoms with Crippen LogP contribution in [0, 0.1) is 0 Å². The molecule has 0 aliphatic heterocycles. The third-order valence-corrected chi connectivity index (χ3v) is 2.09. The van der Waals surface area contributed by atoms with Crippen molar-refractivity contribution in [3.63, 3.8) is 0 Å². The Bertz CT molecular complexity index is 366. The molecule has 2 N–H and O–H groups in total.